The van der Waals surface area contributed by atoms with Crippen LogP contribution in [0.5, 0.6) is 0 Å². The number of carboxylic acids is 1. The first-order valence-electron chi connectivity index (χ1n) is 8.91. The van der Waals surface area contributed by atoms with Gasteiger partial charge in [0.2, 0.25) is 5.91 Å². The van der Waals surface area contributed by atoms with Gasteiger partial charge >= 0.3 is 5.97 Å². The summed E-state index contributed by atoms with van der Waals surface area (Å²) in [7, 11) is 0. The van der Waals surface area contributed by atoms with Crippen LogP contribution in [0.15, 0.2) is 40.7 Å². The standard InChI is InChI=1S/C18H19N3O5S2/c22-13(9-27-10-3-5-19-6-4-10)20-14-16(23)21-15(18(24)25)11(8-28-17(14)21)12-2-1-7-26-12/h3-6,12,14,17H,1-2,7-9H2,(H,20,22)(H,24,25)/t12-,14+,17+/m0/s1. The lowest BCUT2D eigenvalue weighted by molar-refractivity contribution is -0.150. The molecule has 1 aromatic rings. The first-order chi connectivity index (χ1) is 13.6. The van der Waals surface area contributed by atoms with Crippen LogP contribution in [-0.2, 0) is 19.1 Å². The third kappa shape index (κ3) is 3.63. The fraction of sp³-hybridized carbons (Fsp3) is 0.444. The maximum atomic E-state index is 12.6. The van der Waals surface area contributed by atoms with Crippen molar-refractivity contribution in [2.24, 2.45) is 0 Å². The van der Waals surface area contributed by atoms with Crippen molar-refractivity contribution in [2.45, 2.75) is 35.3 Å². The van der Waals surface area contributed by atoms with Gasteiger partial charge in [0.05, 0.1) is 11.9 Å². The molecule has 4 heterocycles. The van der Waals surface area contributed by atoms with Crippen LogP contribution in [0.4, 0.5) is 0 Å². The molecule has 2 N–H and O–H groups in total. The number of thioether (sulfide) groups is 2. The fourth-order valence-corrected chi connectivity index (χ4v) is 5.64. The van der Waals surface area contributed by atoms with Crippen LogP contribution >= 0.6 is 23.5 Å². The van der Waals surface area contributed by atoms with E-state index in [1.165, 1.54) is 28.4 Å². The Morgan fingerprint density at radius 3 is 2.86 bits per heavy atom. The van der Waals surface area contributed by atoms with Gasteiger partial charge in [-0.1, -0.05) is 0 Å². The number of hydrogen-bond donors (Lipinski definition) is 2. The third-order valence-electron chi connectivity index (χ3n) is 4.85. The molecule has 148 valence electrons. The number of hydrogen-bond acceptors (Lipinski definition) is 7. The van der Waals surface area contributed by atoms with Gasteiger partial charge in [-0.2, -0.15) is 0 Å². The van der Waals surface area contributed by atoms with Crippen molar-refractivity contribution in [3.05, 3.63) is 35.8 Å². The predicted octanol–water partition coefficient (Wildman–Crippen LogP) is 1.09. The lowest BCUT2D eigenvalue weighted by atomic mass is 9.99. The average Bonchev–Trinajstić information content (AvgIpc) is 3.24. The van der Waals surface area contributed by atoms with Crippen LogP contribution in [0.25, 0.3) is 0 Å². The number of carbonyl (C=O) groups is 3. The van der Waals surface area contributed by atoms with E-state index in [1.54, 1.807) is 12.4 Å². The molecular formula is C18H19N3O5S2. The molecule has 8 nitrogen and oxygen atoms in total. The summed E-state index contributed by atoms with van der Waals surface area (Å²) in [6.45, 7) is 0.608. The number of ether oxygens (including phenoxy) is 1. The molecule has 3 atom stereocenters. The topological polar surface area (TPSA) is 109 Å². The number of pyridine rings is 1. The van der Waals surface area contributed by atoms with Gasteiger partial charge in [-0.3, -0.25) is 19.5 Å². The summed E-state index contributed by atoms with van der Waals surface area (Å²) in [6, 6.07) is 2.92. The SMILES string of the molecule is O=C(CSc1ccncc1)N[C@@H]1C(=O)N2C(C(=O)O)=C([C@@H]3CCCO3)CS[C@H]12. The number of fused-ring (bicyclic) bond motifs is 1. The molecule has 0 spiro atoms. The lowest BCUT2D eigenvalue weighted by Crippen LogP contribution is -2.71. The van der Waals surface area contributed by atoms with Crippen molar-refractivity contribution in [3.8, 4) is 0 Å². The Bertz CT molecular complexity index is 826. The third-order valence-corrected chi connectivity index (χ3v) is 7.17. The Morgan fingerprint density at radius 1 is 1.39 bits per heavy atom. The van der Waals surface area contributed by atoms with Gasteiger partial charge in [0.25, 0.3) is 5.91 Å². The van der Waals surface area contributed by atoms with Gasteiger partial charge in [0, 0.05) is 29.6 Å². The number of nitrogens with one attached hydrogen (secondary N) is 1. The summed E-state index contributed by atoms with van der Waals surface area (Å²) < 4.78 is 5.63. The van der Waals surface area contributed by atoms with Crippen molar-refractivity contribution < 1.29 is 24.2 Å². The fourth-order valence-electron chi connectivity index (χ4n) is 3.54. The normalized spacial score (nSPS) is 26.6. The van der Waals surface area contributed by atoms with E-state index < -0.39 is 17.4 Å². The second kappa shape index (κ2) is 8.14. The highest BCUT2D eigenvalue weighted by molar-refractivity contribution is 8.00. The quantitative estimate of drug-likeness (QED) is 0.519. The monoisotopic (exact) mass is 421 g/mol. The van der Waals surface area contributed by atoms with Crippen LogP contribution in [0.1, 0.15) is 12.8 Å². The summed E-state index contributed by atoms with van der Waals surface area (Å²) in [4.78, 5) is 42.9. The molecule has 0 saturated carbocycles. The zero-order valence-electron chi connectivity index (χ0n) is 14.9. The van der Waals surface area contributed by atoms with Crippen molar-refractivity contribution in [1.29, 1.82) is 0 Å². The number of β-lactam (4-membered cyclic amide) rings is 1. The molecule has 10 heteroatoms. The molecule has 3 aliphatic rings. The number of carboxylic acid groups (broad SMARTS) is 1. The van der Waals surface area contributed by atoms with Gasteiger partial charge in [-0.15, -0.1) is 23.5 Å². The number of amides is 2. The van der Waals surface area contributed by atoms with Crippen LogP contribution in [0.2, 0.25) is 0 Å². The summed E-state index contributed by atoms with van der Waals surface area (Å²) in [5, 5.41) is 12.0. The Kier molecular flexibility index (Phi) is 5.61. The zero-order valence-corrected chi connectivity index (χ0v) is 16.5. The minimum atomic E-state index is -1.12. The van der Waals surface area contributed by atoms with Gasteiger partial charge in [0.1, 0.15) is 17.1 Å². The Hall–Kier alpha value is -2.04. The van der Waals surface area contributed by atoms with Gasteiger partial charge in [-0.25, -0.2) is 4.79 Å². The van der Waals surface area contributed by atoms with Gasteiger partial charge in [-0.05, 0) is 30.5 Å². The second-order valence-electron chi connectivity index (χ2n) is 6.61. The average molecular weight is 422 g/mol. The minimum absolute atomic E-state index is 0.0253. The highest BCUT2D eigenvalue weighted by atomic mass is 32.2. The number of nitrogens with zero attached hydrogens (tertiary/aromatic N) is 2. The maximum Gasteiger partial charge on any atom is 0.352 e. The Balaban J connectivity index is 1.41. The Labute approximate surface area is 170 Å². The predicted molar refractivity (Wildman–Crippen MR) is 104 cm³/mol. The minimum Gasteiger partial charge on any atom is -0.477 e. The van der Waals surface area contributed by atoms with E-state index in [1.807, 2.05) is 12.1 Å². The van der Waals surface area contributed by atoms with E-state index >= 15 is 0 Å². The van der Waals surface area contributed by atoms with E-state index in [9.17, 15) is 19.5 Å². The molecular weight excluding hydrogens is 402 g/mol. The maximum absolute atomic E-state index is 12.6. The van der Waals surface area contributed by atoms with Crippen molar-refractivity contribution in [1.82, 2.24) is 15.2 Å². The Morgan fingerprint density at radius 2 is 2.18 bits per heavy atom. The molecule has 0 bridgehead atoms. The van der Waals surface area contributed by atoms with Crippen molar-refractivity contribution in [2.75, 3.05) is 18.1 Å². The summed E-state index contributed by atoms with van der Waals surface area (Å²) >= 11 is 2.83. The molecule has 0 aliphatic carbocycles. The number of rotatable bonds is 6. The molecule has 2 fully saturated rings. The molecule has 2 amide bonds. The molecule has 2 saturated heterocycles. The highest BCUT2D eigenvalue weighted by Gasteiger charge is 2.54. The van der Waals surface area contributed by atoms with E-state index in [0.717, 1.165) is 17.7 Å². The van der Waals surface area contributed by atoms with Gasteiger partial charge in [0.15, 0.2) is 0 Å². The van der Waals surface area contributed by atoms with Crippen LogP contribution < -0.4 is 5.32 Å². The molecule has 0 aromatic carbocycles. The number of carbonyl (C=O) groups excluding carboxylic acids is 2. The van der Waals surface area contributed by atoms with Crippen LogP contribution in [0, 0.1) is 0 Å². The van der Waals surface area contributed by atoms with Crippen molar-refractivity contribution >= 4 is 41.3 Å². The molecule has 0 unspecified atom stereocenters. The molecule has 4 rings (SSSR count). The zero-order chi connectivity index (χ0) is 19.7. The first kappa shape index (κ1) is 19.3. The molecule has 3 aliphatic heterocycles. The number of aliphatic carboxylic acids is 1. The van der Waals surface area contributed by atoms with Crippen molar-refractivity contribution in [3.63, 3.8) is 0 Å². The number of aromatic nitrogens is 1. The van der Waals surface area contributed by atoms with Crippen LogP contribution in [0.3, 0.4) is 0 Å². The second-order valence-corrected chi connectivity index (χ2v) is 8.76. The van der Waals surface area contributed by atoms with E-state index in [-0.39, 0.29) is 29.4 Å². The summed E-state index contributed by atoms with van der Waals surface area (Å²) in [6.07, 6.45) is 4.72. The first-order valence-corrected chi connectivity index (χ1v) is 10.9. The summed E-state index contributed by atoms with van der Waals surface area (Å²) in [5.74, 6) is -1.10. The van der Waals surface area contributed by atoms with E-state index in [2.05, 4.69) is 10.3 Å². The molecule has 1 aromatic heterocycles. The van der Waals surface area contributed by atoms with E-state index in [0.29, 0.717) is 17.9 Å². The lowest BCUT2D eigenvalue weighted by Gasteiger charge is -2.49. The molecule has 28 heavy (non-hydrogen) atoms. The van der Waals surface area contributed by atoms with Gasteiger partial charge < -0.3 is 15.2 Å². The highest BCUT2D eigenvalue weighted by Crippen LogP contribution is 2.42. The van der Waals surface area contributed by atoms with Crippen LogP contribution in [-0.4, -0.2) is 68.4 Å². The van der Waals surface area contributed by atoms with E-state index in [4.69, 9.17) is 4.74 Å². The summed E-state index contributed by atoms with van der Waals surface area (Å²) in [5.41, 5.74) is 0.690. The molecule has 0 radical (unpaired) electrons. The smallest absolute Gasteiger partial charge is 0.352 e. The largest absolute Gasteiger partial charge is 0.477 e.